The monoisotopic (exact) mass is 311 g/mol. The molecule has 0 bridgehead atoms. The predicted molar refractivity (Wildman–Crippen MR) is 79.7 cm³/mol. The Balaban J connectivity index is 1.88. The molecule has 2 nitrogen and oxygen atoms in total. The highest BCUT2D eigenvalue weighted by Gasteiger charge is 2.23. The number of hydrogen-bond acceptors (Lipinski definition) is 2. The van der Waals surface area contributed by atoms with Crippen LogP contribution < -0.4 is 10.1 Å². The fourth-order valence-corrected chi connectivity index (χ4v) is 3.29. The first-order valence-corrected chi connectivity index (χ1v) is 7.78. The first-order chi connectivity index (χ1) is 8.60. The highest BCUT2D eigenvalue weighted by Crippen LogP contribution is 2.29. The Hall–Kier alpha value is -0.540. The van der Waals surface area contributed by atoms with Crippen molar-refractivity contribution in [3.8, 4) is 5.75 Å². The Kier molecular flexibility index (Phi) is 4.68. The Bertz CT molecular complexity index is 405. The molecule has 18 heavy (non-hydrogen) atoms. The van der Waals surface area contributed by atoms with Gasteiger partial charge in [0.05, 0.1) is 0 Å². The van der Waals surface area contributed by atoms with Crippen molar-refractivity contribution in [3.05, 3.63) is 29.3 Å². The van der Waals surface area contributed by atoms with Crippen molar-refractivity contribution in [2.75, 3.05) is 11.9 Å². The maximum Gasteiger partial charge on any atom is 0.123 e. The van der Waals surface area contributed by atoms with Gasteiger partial charge in [0.25, 0.3) is 0 Å². The van der Waals surface area contributed by atoms with Crippen molar-refractivity contribution < 1.29 is 4.74 Å². The average molecular weight is 312 g/mol. The Morgan fingerprint density at radius 2 is 2.22 bits per heavy atom. The molecule has 0 spiro atoms. The van der Waals surface area contributed by atoms with E-state index in [2.05, 4.69) is 60.2 Å². The molecular weight excluding hydrogens is 290 g/mol. The molecule has 2 atom stereocenters. The number of benzene rings is 1. The molecule has 3 heteroatoms. The van der Waals surface area contributed by atoms with E-state index in [-0.39, 0.29) is 6.10 Å². The zero-order chi connectivity index (χ0) is 13.1. The number of alkyl halides is 1. The van der Waals surface area contributed by atoms with E-state index in [1.165, 1.54) is 11.1 Å². The van der Waals surface area contributed by atoms with Crippen molar-refractivity contribution in [3.63, 3.8) is 0 Å². The molecule has 0 aromatic heterocycles. The summed E-state index contributed by atoms with van der Waals surface area (Å²) in [6.07, 6.45) is 1.30. The van der Waals surface area contributed by atoms with Gasteiger partial charge in [-0.15, -0.1) is 0 Å². The van der Waals surface area contributed by atoms with Gasteiger partial charge < -0.3 is 10.1 Å². The zero-order valence-electron chi connectivity index (χ0n) is 11.4. The normalized spacial score (nSPS) is 19.7. The third kappa shape index (κ3) is 3.27. The SMILES string of the molecule is Cc1ccc2c(c1)CC(CNC(CBr)C(C)C)O2. The smallest absolute Gasteiger partial charge is 0.123 e. The summed E-state index contributed by atoms with van der Waals surface area (Å²) >= 11 is 3.56. The van der Waals surface area contributed by atoms with Crippen LogP contribution in [0.1, 0.15) is 25.0 Å². The van der Waals surface area contributed by atoms with Gasteiger partial charge in [-0.3, -0.25) is 0 Å². The van der Waals surface area contributed by atoms with Crippen LogP contribution in [0.5, 0.6) is 5.75 Å². The first-order valence-electron chi connectivity index (χ1n) is 6.65. The van der Waals surface area contributed by atoms with E-state index < -0.39 is 0 Å². The fourth-order valence-electron chi connectivity index (χ4n) is 2.31. The maximum atomic E-state index is 5.96. The minimum absolute atomic E-state index is 0.280. The third-order valence-electron chi connectivity index (χ3n) is 3.54. The van der Waals surface area contributed by atoms with Crippen molar-refractivity contribution >= 4 is 15.9 Å². The Labute approximate surface area is 118 Å². The molecule has 1 N–H and O–H groups in total. The molecular formula is C15H22BrNO. The van der Waals surface area contributed by atoms with E-state index >= 15 is 0 Å². The van der Waals surface area contributed by atoms with Crippen LogP contribution in [-0.4, -0.2) is 24.0 Å². The molecule has 1 aromatic rings. The molecule has 1 aliphatic rings. The molecule has 2 rings (SSSR count). The van der Waals surface area contributed by atoms with Crippen LogP contribution in [0, 0.1) is 12.8 Å². The minimum atomic E-state index is 0.280. The summed E-state index contributed by atoms with van der Waals surface area (Å²) in [7, 11) is 0. The number of ether oxygens (including phenoxy) is 1. The lowest BCUT2D eigenvalue weighted by Gasteiger charge is -2.22. The largest absolute Gasteiger partial charge is 0.488 e. The molecule has 0 saturated carbocycles. The van der Waals surface area contributed by atoms with Gasteiger partial charge in [0, 0.05) is 24.3 Å². The summed E-state index contributed by atoms with van der Waals surface area (Å²) in [6.45, 7) is 7.53. The molecule has 0 saturated heterocycles. The molecule has 2 unspecified atom stereocenters. The second kappa shape index (κ2) is 6.07. The standard InChI is InChI=1S/C15H22BrNO/c1-10(2)14(8-16)17-9-13-7-12-6-11(3)4-5-15(12)18-13/h4-6,10,13-14,17H,7-9H2,1-3H3. The minimum Gasteiger partial charge on any atom is -0.488 e. The van der Waals surface area contributed by atoms with Gasteiger partial charge in [-0.2, -0.15) is 0 Å². The highest BCUT2D eigenvalue weighted by molar-refractivity contribution is 9.09. The van der Waals surface area contributed by atoms with Gasteiger partial charge in [0.2, 0.25) is 0 Å². The van der Waals surface area contributed by atoms with E-state index in [0.717, 1.165) is 24.0 Å². The molecule has 0 fully saturated rings. The first kappa shape index (κ1) is 13.9. The molecule has 1 aromatic carbocycles. The second-order valence-corrected chi connectivity index (χ2v) is 6.12. The van der Waals surface area contributed by atoms with E-state index in [0.29, 0.717) is 12.0 Å². The lowest BCUT2D eigenvalue weighted by Crippen LogP contribution is -2.41. The Morgan fingerprint density at radius 3 is 2.89 bits per heavy atom. The van der Waals surface area contributed by atoms with Crippen LogP contribution in [0.3, 0.4) is 0 Å². The van der Waals surface area contributed by atoms with Crippen molar-refractivity contribution in [2.45, 2.75) is 39.3 Å². The number of halogens is 1. The lowest BCUT2D eigenvalue weighted by molar-refractivity contribution is 0.218. The van der Waals surface area contributed by atoms with E-state index in [1.807, 2.05) is 0 Å². The quantitative estimate of drug-likeness (QED) is 0.842. The molecule has 1 aliphatic heterocycles. The highest BCUT2D eigenvalue weighted by atomic mass is 79.9. The predicted octanol–water partition coefficient (Wildman–Crippen LogP) is 3.31. The molecule has 0 radical (unpaired) electrons. The summed E-state index contributed by atoms with van der Waals surface area (Å²) in [6, 6.07) is 6.96. The molecule has 0 amide bonds. The van der Waals surface area contributed by atoms with Crippen LogP contribution in [0.25, 0.3) is 0 Å². The Morgan fingerprint density at radius 1 is 1.44 bits per heavy atom. The van der Waals surface area contributed by atoms with Gasteiger partial charge in [0.15, 0.2) is 0 Å². The van der Waals surface area contributed by atoms with Gasteiger partial charge in [0.1, 0.15) is 11.9 Å². The summed E-state index contributed by atoms with van der Waals surface area (Å²) in [4.78, 5) is 0. The second-order valence-electron chi connectivity index (χ2n) is 5.47. The number of hydrogen-bond donors (Lipinski definition) is 1. The molecule has 1 heterocycles. The van der Waals surface area contributed by atoms with Crippen molar-refractivity contribution in [2.24, 2.45) is 5.92 Å². The third-order valence-corrected chi connectivity index (χ3v) is 4.23. The van der Waals surface area contributed by atoms with Crippen molar-refractivity contribution in [1.82, 2.24) is 5.32 Å². The topological polar surface area (TPSA) is 21.3 Å². The number of aryl methyl sites for hydroxylation is 1. The van der Waals surface area contributed by atoms with Gasteiger partial charge >= 0.3 is 0 Å². The molecule has 0 aliphatic carbocycles. The maximum absolute atomic E-state index is 5.96. The van der Waals surface area contributed by atoms with E-state index in [4.69, 9.17) is 4.74 Å². The number of rotatable bonds is 5. The van der Waals surface area contributed by atoms with Crippen LogP contribution in [-0.2, 0) is 6.42 Å². The molecule has 100 valence electrons. The number of fused-ring (bicyclic) bond motifs is 1. The van der Waals surface area contributed by atoms with Gasteiger partial charge in [-0.1, -0.05) is 47.5 Å². The summed E-state index contributed by atoms with van der Waals surface area (Å²) in [5.74, 6) is 1.70. The summed E-state index contributed by atoms with van der Waals surface area (Å²) in [5, 5.41) is 4.58. The van der Waals surface area contributed by atoms with Crippen LogP contribution in [0.15, 0.2) is 18.2 Å². The summed E-state index contributed by atoms with van der Waals surface area (Å²) < 4.78 is 5.96. The van der Waals surface area contributed by atoms with Crippen LogP contribution >= 0.6 is 15.9 Å². The summed E-state index contributed by atoms with van der Waals surface area (Å²) in [5.41, 5.74) is 2.66. The van der Waals surface area contributed by atoms with Crippen LogP contribution in [0.2, 0.25) is 0 Å². The van der Waals surface area contributed by atoms with Gasteiger partial charge in [-0.05, 0) is 24.5 Å². The zero-order valence-corrected chi connectivity index (χ0v) is 13.0. The van der Waals surface area contributed by atoms with E-state index in [1.54, 1.807) is 0 Å². The van der Waals surface area contributed by atoms with Crippen molar-refractivity contribution in [1.29, 1.82) is 0 Å². The fraction of sp³-hybridized carbons (Fsp3) is 0.600. The van der Waals surface area contributed by atoms with Crippen LogP contribution in [0.4, 0.5) is 0 Å². The van der Waals surface area contributed by atoms with Gasteiger partial charge in [-0.25, -0.2) is 0 Å². The average Bonchev–Trinajstić information content (AvgIpc) is 2.71. The number of nitrogens with one attached hydrogen (secondary N) is 1. The van der Waals surface area contributed by atoms with E-state index in [9.17, 15) is 0 Å². The lowest BCUT2D eigenvalue weighted by atomic mass is 10.1.